The Morgan fingerprint density at radius 1 is 1.00 bits per heavy atom. The van der Waals surface area contributed by atoms with Crippen molar-refractivity contribution in [3.63, 3.8) is 0 Å². The van der Waals surface area contributed by atoms with E-state index in [1.807, 2.05) is 0 Å². The maximum Gasteiger partial charge on any atom is 0.158 e. The summed E-state index contributed by atoms with van der Waals surface area (Å²) in [5.41, 5.74) is 1.95. The number of hydrogen-bond donors (Lipinski definition) is 1. The summed E-state index contributed by atoms with van der Waals surface area (Å²) in [4.78, 5) is 12.8. The molecule has 2 aliphatic heterocycles. The van der Waals surface area contributed by atoms with Crippen molar-refractivity contribution in [2.45, 2.75) is 124 Å². The lowest BCUT2D eigenvalue weighted by Gasteiger charge is -2.63. The van der Waals surface area contributed by atoms with Gasteiger partial charge in [-0.05, 0) is 92.8 Å². The van der Waals surface area contributed by atoms with E-state index < -0.39 is 6.29 Å². The highest BCUT2D eigenvalue weighted by Crippen LogP contribution is 2.73. The number of fused-ring (bicyclic) bond motifs is 5. The molecule has 4 aliphatic carbocycles. The molecule has 0 aromatic carbocycles. The molecule has 6 aliphatic rings. The van der Waals surface area contributed by atoms with Crippen LogP contribution in [-0.2, 0) is 14.3 Å². The molecule has 0 amide bonds. The van der Waals surface area contributed by atoms with E-state index in [0.717, 1.165) is 25.7 Å². The van der Waals surface area contributed by atoms with Gasteiger partial charge in [0.05, 0.1) is 11.7 Å². The number of hydrogen-bond acceptors (Lipinski definition) is 4. The Morgan fingerprint density at radius 2 is 1.71 bits per heavy atom. The number of carbonyl (C=O) groups excluding carboxylic acids is 1. The fraction of sp³-hybridized carbons (Fsp3) is 0.900. The maximum atomic E-state index is 12.8. The summed E-state index contributed by atoms with van der Waals surface area (Å²) in [7, 11) is 0. The second-order valence-corrected chi connectivity index (χ2v) is 14.7. The van der Waals surface area contributed by atoms with E-state index in [1.54, 1.807) is 5.57 Å². The summed E-state index contributed by atoms with van der Waals surface area (Å²) >= 11 is 0. The Labute approximate surface area is 206 Å². The molecule has 6 rings (SSSR count). The van der Waals surface area contributed by atoms with Crippen LogP contribution in [0.3, 0.4) is 0 Å². The third kappa shape index (κ3) is 2.85. The third-order valence-corrected chi connectivity index (χ3v) is 12.7. The van der Waals surface area contributed by atoms with Crippen molar-refractivity contribution in [1.29, 1.82) is 0 Å². The monoisotopic (exact) mass is 470 g/mol. The molecule has 0 radical (unpaired) electrons. The summed E-state index contributed by atoms with van der Waals surface area (Å²) < 4.78 is 12.0. The smallest absolute Gasteiger partial charge is 0.158 e. The van der Waals surface area contributed by atoms with Crippen LogP contribution in [0.1, 0.15) is 99.8 Å². The van der Waals surface area contributed by atoms with Crippen LogP contribution in [0.5, 0.6) is 0 Å². The van der Waals surface area contributed by atoms with Crippen LogP contribution >= 0.6 is 0 Å². The van der Waals surface area contributed by atoms with E-state index in [1.165, 1.54) is 25.7 Å². The van der Waals surface area contributed by atoms with E-state index in [-0.39, 0.29) is 45.4 Å². The molecule has 1 N–H and O–H groups in total. The Hall–Kier alpha value is -0.710. The second-order valence-electron chi connectivity index (χ2n) is 14.7. The van der Waals surface area contributed by atoms with Gasteiger partial charge in [-0.25, -0.2) is 0 Å². The standard InChI is InChI=1S/C30H46O4/c1-26(2)22-9-8-20-19(28(22,5)13-12-23(26)31)11-15-29(6)18(10-14-30(20,29)7)17-16-21(33-25(17)32)24-27(3,4)34-24/h8,17-19,21-22,24-25,32H,9-16H2,1-7H3/t17-,18-,19-,21-,22+,24-,25-,28+,29-,30+/m0/s1. The number of allylic oxidation sites excluding steroid dienone is 2. The Morgan fingerprint density at radius 3 is 2.38 bits per heavy atom. The normalized spacial score (nSPS) is 55.2. The van der Waals surface area contributed by atoms with Gasteiger partial charge in [-0.2, -0.15) is 0 Å². The fourth-order valence-corrected chi connectivity index (χ4v) is 10.3. The highest BCUT2D eigenvalue weighted by Gasteiger charge is 2.67. The van der Waals surface area contributed by atoms with Crippen molar-refractivity contribution in [1.82, 2.24) is 0 Å². The van der Waals surface area contributed by atoms with Gasteiger partial charge in [0.1, 0.15) is 11.9 Å². The second kappa shape index (κ2) is 6.98. The number of epoxide rings is 1. The lowest BCUT2D eigenvalue weighted by molar-refractivity contribution is -0.147. The van der Waals surface area contributed by atoms with E-state index >= 15 is 0 Å². The molecule has 3 saturated carbocycles. The lowest BCUT2D eigenvalue weighted by atomic mass is 9.41. The van der Waals surface area contributed by atoms with Crippen molar-refractivity contribution in [3.05, 3.63) is 11.6 Å². The minimum Gasteiger partial charge on any atom is -0.368 e. The molecular formula is C30H46O4. The van der Waals surface area contributed by atoms with Crippen LogP contribution < -0.4 is 0 Å². The van der Waals surface area contributed by atoms with Gasteiger partial charge in [0.2, 0.25) is 0 Å². The minimum absolute atomic E-state index is 0.0253. The van der Waals surface area contributed by atoms with Crippen LogP contribution in [0.15, 0.2) is 11.6 Å². The summed E-state index contributed by atoms with van der Waals surface area (Å²) in [6, 6.07) is 0. The first-order chi connectivity index (χ1) is 15.8. The van der Waals surface area contributed by atoms with Crippen LogP contribution in [0.4, 0.5) is 0 Å². The minimum atomic E-state index is -0.667. The number of aliphatic hydroxyl groups is 1. The highest BCUT2D eigenvalue weighted by atomic mass is 16.7. The Kier molecular flexibility index (Phi) is 4.86. The van der Waals surface area contributed by atoms with Gasteiger partial charge in [-0.3, -0.25) is 4.79 Å². The van der Waals surface area contributed by atoms with E-state index in [2.05, 4.69) is 54.5 Å². The number of aliphatic hydroxyl groups excluding tert-OH is 1. The van der Waals surface area contributed by atoms with E-state index in [0.29, 0.717) is 23.5 Å². The van der Waals surface area contributed by atoms with Gasteiger partial charge in [-0.1, -0.05) is 46.3 Å². The third-order valence-electron chi connectivity index (χ3n) is 12.7. The molecule has 5 fully saturated rings. The first-order valence-electron chi connectivity index (χ1n) is 14.0. The number of Topliss-reactive ketones (excluding diaryl/α,β-unsaturated/α-hetero) is 1. The molecule has 4 heteroatoms. The molecule has 0 aromatic heterocycles. The predicted molar refractivity (Wildman–Crippen MR) is 132 cm³/mol. The lowest BCUT2D eigenvalue weighted by Crippen LogP contribution is -2.57. The topological polar surface area (TPSA) is 59.1 Å². The molecular weight excluding hydrogens is 424 g/mol. The molecule has 0 spiro atoms. The molecule has 2 saturated heterocycles. The van der Waals surface area contributed by atoms with Crippen LogP contribution in [0, 0.1) is 45.3 Å². The van der Waals surface area contributed by atoms with Gasteiger partial charge >= 0.3 is 0 Å². The summed E-state index contributed by atoms with van der Waals surface area (Å²) in [6.45, 7) is 16.2. The van der Waals surface area contributed by atoms with Crippen LogP contribution in [0.25, 0.3) is 0 Å². The molecule has 10 atom stereocenters. The molecule has 2 heterocycles. The van der Waals surface area contributed by atoms with Crippen molar-refractivity contribution in [2.24, 2.45) is 45.3 Å². The van der Waals surface area contributed by atoms with Crippen molar-refractivity contribution in [3.8, 4) is 0 Å². The number of carbonyl (C=O) groups is 1. The molecule has 4 nitrogen and oxygen atoms in total. The first kappa shape index (κ1) is 23.7. The zero-order chi connectivity index (χ0) is 24.5. The fourth-order valence-electron chi connectivity index (χ4n) is 10.3. The number of rotatable bonds is 2. The number of ether oxygens (including phenoxy) is 2. The maximum absolute atomic E-state index is 12.8. The molecule has 190 valence electrons. The van der Waals surface area contributed by atoms with Gasteiger partial charge in [0.15, 0.2) is 6.29 Å². The van der Waals surface area contributed by atoms with Crippen molar-refractivity contribution >= 4 is 5.78 Å². The summed E-state index contributed by atoms with van der Waals surface area (Å²) in [6.07, 6.45) is 10.6. The average Bonchev–Trinajstić information content (AvgIpc) is 3.08. The van der Waals surface area contributed by atoms with Gasteiger partial charge < -0.3 is 14.6 Å². The van der Waals surface area contributed by atoms with Gasteiger partial charge in [-0.15, -0.1) is 0 Å². The highest BCUT2D eigenvalue weighted by molar-refractivity contribution is 5.85. The number of ketones is 1. The molecule has 0 bridgehead atoms. The van der Waals surface area contributed by atoms with E-state index in [4.69, 9.17) is 9.47 Å². The van der Waals surface area contributed by atoms with Crippen LogP contribution in [-0.4, -0.2) is 35.0 Å². The molecule has 0 aromatic rings. The van der Waals surface area contributed by atoms with Gasteiger partial charge in [0, 0.05) is 17.8 Å². The summed E-state index contributed by atoms with van der Waals surface area (Å²) in [5, 5.41) is 11.0. The van der Waals surface area contributed by atoms with Gasteiger partial charge in [0.25, 0.3) is 0 Å². The largest absolute Gasteiger partial charge is 0.368 e. The SMILES string of the molecule is CC1(C)O[C@H]1[C@@H]1C[C@@H]([C@@H]2CC[C@]3(C)C4=CC[C@@H]5C(C)(C)C(=O)CC[C@]5(C)[C@H]4CC[C@@]23C)[C@@H](O)O1. The first-order valence-corrected chi connectivity index (χ1v) is 14.0. The van der Waals surface area contributed by atoms with E-state index in [9.17, 15) is 9.90 Å². The quantitative estimate of drug-likeness (QED) is 0.393. The molecule has 34 heavy (non-hydrogen) atoms. The zero-order valence-electron chi connectivity index (χ0n) is 22.4. The predicted octanol–water partition coefficient (Wildman–Crippen LogP) is 6.06. The van der Waals surface area contributed by atoms with Crippen molar-refractivity contribution < 1.29 is 19.4 Å². The van der Waals surface area contributed by atoms with Crippen LogP contribution in [0.2, 0.25) is 0 Å². The zero-order valence-corrected chi connectivity index (χ0v) is 22.4. The Balaban J connectivity index is 1.30. The van der Waals surface area contributed by atoms with Crippen molar-refractivity contribution in [2.75, 3.05) is 0 Å². The average molecular weight is 471 g/mol. The molecule has 0 unspecified atom stereocenters. The Bertz CT molecular complexity index is 934. The summed E-state index contributed by atoms with van der Waals surface area (Å²) in [5.74, 6) is 2.19.